The summed E-state index contributed by atoms with van der Waals surface area (Å²) in [6.07, 6.45) is 0.234. The van der Waals surface area contributed by atoms with Gasteiger partial charge in [-0.15, -0.1) is 0 Å². The van der Waals surface area contributed by atoms with Gasteiger partial charge in [0.15, 0.2) is 0 Å². The molecule has 0 saturated carbocycles. The number of esters is 1. The van der Waals surface area contributed by atoms with E-state index >= 15 is 0 Å². The summed E-state index contributed by atoms with van der Waals surface area (Å²) in [4.78, 5) is 12.2. The topological polar surface area (TPSA) is 35.5 Å². The van der Waals surface area contributed by atoms with Crippen LogP contribution in [0.3, 0.4) is 0 Å². The van der Waals surface area contributed by atoms with Crippen molar-refractivity contribution in [2.24, 2.45) is 0 Å². The molecule has 3 nitrogen and oxygen atoms in total. The first-order valence-corrected chi connectivity index (χ1v) is 6.91. The van der Waals surface area contributed by atoms with E-state index in [1.165, 1.54) is 6.07 Å². The highest BCUT2D eigenvalue weighted by atomic mass is 19.1. The van der Waals surface area contributed by atoms with E-state index in [1.54, 1.807) is 25.1 Å². The Bertz CT molecular complexity index is 681. The van der Waals surface area contributed by atoms with Crippen LogP contribution in [0.25, 0.3) is 0 Å². The van der Waals surface area contributed by atoms with Gasteiger partial charge in [0.05, 0.1) is 12.5 Å². The zero-order valence-electron chi connectivity index (χ0n) is 11.6. The van der Waals surface area contributed by atoms with Crippen molar-refractivity contribution in [3.8, 4) is 11.5 Å². The lowest BCUT2D eigenvalue weighted by molar-refractivity contribution is -0.144. The number of para-hydroxylation sites is 1. The largest absolute Gasteiger partial charge is 0.466 e. The number of halogens is 1. The second kappa shape index (κ2) is 5.56. The highest BCUT2D eigenvalue weighted by Crippen LogP contribution is 2.40. The first-order valence-electron chi connectivity index (χ1n) is 6.91. The molecule has 1 atom stereocenters. The van der Waals surface area contributed by atoms with Crippen molar-refractivity contribution in [2.45, 2.75) is 19.3 Å². The Kier molecular flexibility index (Phi) is 3.60. The maximum absolute atomic E-state index is 14.1. The minimum absolute atomic E-state index is 0.234. The van der Waals surface area contributed by atoms with Gasteiger partial charge in [0.2, 0.25) is 0 Å². The minimum atomic E-state index is -0.556. The number of hydrogen-bond donors (Lipinski definition) is 0. The van der Waals surface area contributed by atoms with Crippen molar-refractivity contribution in [1.29, 1.82) is 0 Å². The summed E-state index contributed by atoms with van der Waals surface area (Å²) in [5.41, 5.74) is 1.14. The zero-order valence-corrected chi connectivity index (χ0v) is 11.6. The van der Waals surface area contributed by atoms with Crippen LogP contribution < -0.4 is 4.74 Å². The van der Waals surface area contributed by atoms with Crippen LogP contribution in [0, 0.1) is 5.82 Å². The predicted molar refractivity (Wildman–Crippen MR) is 76.0 cm³/mol. The molecule has 0 spiro atoms. The first kappa shape index (κ1) is 13.6. The van der Waals surface area contributed by atoms with Gasteiger partial charge in [0, 0.05) is 11.1 Å². The fourth-order valence-corrected chi connectivity index (χ4v) is 2.58. The van der Waals surface area contributed by atoms with Crippen LogP contribution >= 0.6 is 0 Å². The molecule has 1 unspecified atom stereocenters. The Morgan fingerprint density at radius 2 is 2.00 bits per heavy atom. The number of carbonyl (C=O) groups is 1. The number of ether oxygens (including phenoxy) is 2. The predicted octanol–water partition coefficient (Wildman–Crippen LogP) is 3.82. The van der Waals surface area contributed by atoms with Gasteiger partial charge in [-0.25, -0.2) is 4.39 Å². The highest BCUT2D eigenvalue weighted by molar-refractivity contribution is 5.80. The molecule has 0 bridgehead atoms. The average molecular weight is 286 g/mol. The van der Waals surface area contributed by atoms with Crippen LogP contribution in [0.5, 0.6) is 11.5 Å². The molecule has 1 aliphatic rings. The summed E-state index contributed by atoms with van der Waals surface area (Å²) in [5.74, 6) is -0.257. The Labute approximate surface area is 122 Å². The molecule has 2 aromatic rings. The van der Waals surface area contributed by atoms with Gasteiger partial charge in [-0.3, -0.25) is 4.79 Å². The molecule has 0 radical (unpaired) electrons. The number of benzene rings is 2. The Morgan fingerprint density at radius 1 is 1.24 bits per heavy atom. The van der Waals surface area contributed by atoms with Gasteiger partial charge in [-0.05, 0) is 31.5 Å². The monoisotopic (exact) mass is 286 g/mol. The number of hydrogen-bond acceptors (Lipinski definition) is 3. The normalized spacial score (nSPS) is 16.2. The summed E-state index contributed by atoms with van der Waals surface area (Å²) >= 11 is 0. The second-order valence-corrected chi connectivity index (χ2v) is 4.87. The third-order valence-electron chi connectivity index (χ3n) is 3.57. The summed E-state index contributed by atoms with van der Waals surface area (Å²) in [7, 11) is 0. The lowest BCUT2D eigenvalue weighted by Gasteiger charge is -2.15. The molecule has 0 amide bonds. The van der Waals surface area contributed by atoms with Gasteiger partial charge >= 0.3 is 5.97 Å². The molecule has 1 heterocycles. The highest BCUT2D eigenvalue weighted by Gasteiger charge is 2.31. The molecule has 4 heteroatoms. The van der Waals surface area contributed by atoms with Crippen molar-refractivity contribution in [3.05, 3.63) is 59.4 Å². The van der Waals surface area contributed by atoms with E-state index in [1.807, 2.05) is 18.2 Å². The minimum Gasteiger partial charge on any atom is -0.466 e. The zero-order chi connectivity index (χ0) is 14.8. The fourth-order valence-electron chi connectivity index (χ4n) is 2.58. The van der Waals surface area contributed by atoms with E-state index in [9.17, 15) is 9.18 Å². The number of carbonyl (C=O) groups excluding carboxylic acids is 1. The molecule has 0 aliphatic carbocycles. The molecule has 0 aromatic heterocycles. The van der Waals surface area contributed by atoms with Crippen LogP contribution in [-0.4, -0.2) is 12.6 Å². The number of fused-ring (bicyclic) bond motifs is 2. The van der Waals surface area contributed by atoms with Crippen LogP contribution in [0.2, 0.25) is 0 Å². The van der Waals surface area contributed by atoms with Crippen molar-refractivity contribution < 1.29 is 18.7 Å². The van der Waals surface area contributed by atoms with Gasteiger partial charge in [0.1, 0.15) is 17.3 Å². The smallest absolute Gasteiger partial charge is 0.313 e. The van der Waals surface area contributed by atoms with Crippen molar-refractivity contribution >= 4 is 5.97 Å². The maximum atomic E-state index is 14.1. The first-order chi connectivity index (χ1) is 10.2. The van der Waals surface area contributed by atoms with Gasteiger partial charge in [-0.1, -0.05) is 24.3 Å². The van der Waals surface area contributed by atoms with Crippen molar-refractivity contribution in [3.63, 3.8) is 0 Å². The lowest BCUT2D eigenvalue weighted by atomic mass is 9.92. The summed E-state index contributed by atoms with van der Waals surface area (Å²) in [6, 6.07) is 11.9. The van der Waals surface area contributed by atoms with Gasteiger partial charge in [-0.2, -0.15) is 0 Å². The van der Waals surface area contributed by atoms with E-state index in [0.717, 1.165) is 5.56 Å². The van der Waals surface area contributed by atoms with Crippen LogP contribution in [0.1, 0.15) is 24.0 Å². The van der Waals surface area contributed by atoms with Crippen molar-refractivity contribution in [2.75, 3.05) is 6.61 Å². The van der Waals surface area contributed by atoms with Crippen LogP contribution in [-0.2, 0) is 16.0 Å². The summed E-state index contributed by atoms with van der Waals surface area (Å²) in [5, 5.41) is 0. The second-order valence-electron chi connectivity index (χ2n) is 4.87. The van der Waals surface area contributed by atoms with Gasteiger partial charge in [0.25, 0.3) is 0 Å². The van der Waals surface area contributed by atoms with E-state index in [0.29, 0.717) is 23.7 Å². The van der Waals surface area contributed by atoms with E-state index in [-0.39, 0.29) is 18.2 Å². The molecular weight excluding hydrogens is 271 g/mol. The van der Waals surface area contributed by atoms with Crippen LogP contribution in [0.15, 0.2) is 42.5 Å². The third kappa shape index (κ3) is 2.49. The van der Waals surface area contributed by atoms with Gasteiger partial charge < -0.3 is 9.47 Å². The molecule has 3 rings (SSSR count). The molecule has 108 valence electrons. The van der Waals surface area contributed by atoms with Crippen LogP contribution in [0.4, 0.5) is 4.39 Å². The van der Waals surface area contributed by atoms with E-state index in [2.05, 4.69) is 0 Å². The molecule has 1 aliphatic heterocycles. The fraction of sp³-hybridized carbons (Fsp3) is 0.235. The molecule has 21 heavy (non-hydrogen) atoms. The maximum Gasteiger partial charge on any atom is 0.313 e. The molecule has 0 fully saturated rings. The Hall–Kier alpha value is -2.36. The SMILES string of the molecule is CCOC(=O)C1Cc2c(F)cccc2Oc2ccccc21. The summed E-state index contributed by atoms with van der Waals surface area (Å²) in [6.45, 7) is 2.05. The van der Waals surface area contributed by atoms with Crippen molar-refractivity contribution in [1.82, 2.24) is 0 Å². The molecule has 2 aromatic carbocycles. The Balaban J connectivity index is 2.12. The average Bonchev–Trinajstić information content (AvgIpc) is 2.65. The Morgan fingerprint density at radius 3 is 2.81 bits per heavy atom. The molecule has 0 saturated heterocycles. The summed E-state index contributed by atoms with van der Waals surface area (Å²) < 4.78 is 25.0. The molecular formula is C17H15FO3. The number of rotatable bonds is 2. The quantitative estimate of drug-likeness (QED) is 0.787. The molecule has 0 N–H and O–H groups in total. The third-order valence-corrected chi connectivity index (χ3v) is 3.57. The lowest BCUT2D eigenvalue weighted by Crippen LogP contribution is -2.18. The van der Waals surface area contributed by atoms with E-state index < -0.39 is 5.92 Å². The standard InChI is InChI=1S/C17H15FO3/c1-2-20-17(19)12-10-13-14(18)7-5-9-16(13)21-15-8-4-3-6-11(12)15/h3-9,12H,2,10H2,1H3. The van der Waals surface area contributed by atoms with E-state index in [4.69, 9.17) is 9.47 Å².